The number of nitrogens with two attached hydrogens (primary N) is 1. The second-order valence-corrected chi connectivity index (χ2v) is 4.53. The van der Waals surface area contributed by atoms with E-state index in [9.17, 15) is 0 Å². The van der Waals surface area contributed by atoms with E-state index in [0.29, 0.717) is 6.54 Å². The Morgan fingerprint density at radius 1 is 1.28 bits per heavy atom. The van der Waals surface area contributed by atoms with Crippen LogP contribution in [0.25, 0.3) is 10.8 Å². The molecule has 0 radical (unpaired) electrons. The molecule has 0 unspecified atom stereocenters. The van der Waals surface area contributed by atoms with Crippen molar-refractivity contribution in [3.05, 3.63) is 36.0 Å². The van der Waals surface area contributed by atoms with Crippen molar-refractivity contribution in [3.63, 3.8) is 0 Å². The van der Waals surface area contributed by atoms with Gasteiger partial charge in [-0.05, 0) is 35.9 Å². The fraction of sp³-hybridized carbons (Fsp3) is 0.400. The highest BCUT2D eigenvalue weighted by atomic mass is 15.0. The van der Waals surface area contributed by atoms with E-state index in [-0.39, 0.29) is 0 Å². The van der Waals surface area contributed by atoms with Gasteiger partial charge >= 0.3 is 0 Å². The second-order valence-electron chi connectivity index (χ2n) is 4.53. The Morgan fingerprint density at radius 2 is 2.17 bits per heavy atom. The monoisotopic (exact) mass is 243 g/mol. The highest BCUT2D eigenvalue weighted by Gasteiger charge is 2.03. The third kappa shape index (κ3) is 2.99. The first-order valence-corrected chi connectivity index (χ1v) is 6.66. The van der Waals surface area contributed by atoms with E-state index in [1.807, 2.05) is 12.3 Å². The fourth-order valence-electron chi connectivity index (χ4n) is 2.08. The van der Waals surface area contributed by atoms with Gasteiger partial charge in [0.25, 0.3) is 0 Å². The molecule has 0 spiro atoms. The predicted octanol–water partition coefficient (Wildman–Crippen LogP) is 2.95. The van der Waals surface area contributed by atoms with Crippen molar-refractivity contribution >= 4 is 16.6 Å². The van der Waals surface area contributed by atoms with Gasteiger partial charge in [0, 0.05) is 24.7 Å². The van der Waals surface area contributed by atoms with Crippen LogP contribution in [0.5, 0.6) is 0 Å². The smallest absolute Gasteiger partial charge is 0.133 e. The molecule has 0 amide bonds. The second kappa shape index (κ2) is 6.36. The number of nitrogens with one attached hydrogen (secondary N) is 1. The lowest BCUT2D eigenvalue weighted by Gasteiger charge is -2.09. The quantitative estimate of drug-likeness (QED) is 0.820. The van der Waals surface area contributed by atoms with Crippen molar-refractivity contribution in [2.24, 2.45) is 5.73 Å². The van der Waals surface area contributed by atoms with E-state index in [1.165, 1.54) is 29.2 Å². The SMILES string of the molecule is CCCCc1ccc2ccnc(NCCN)c2c1. The molecule has 0 atom stereocenters. The lowest BCUT2D eigenvalue weighted by molar-refractivity contribution is 0.796. The Morgan fingerprint density at radius 3 is 2.94 bits per heavy atom. The van der Waals surface area contributed by atoms with E-state index in [1.54, 1.807) is 0 Å². The highest BCUT2D eigenvalue weighted by molar-refractivity contribution is 5.92. The summed E-state index contributed by atoms with van der Waals surface area (Å²) in [6.45, 7) is 3.59. The number of anilines is 1. The maximum Gasteiger partial charge on any atom is 0.133 e. The molecule has 0 aliphatic carbocycles. The molecule has 2 rings (SSSR count). The number of rotatable bonds is 6. The number of hydrogen-bond acceptors (Lipinski definition) is 3. The van der Waals surface area contributed by atoms with E-state index in [0.717, 1.165) is 18.8 Å². The number of unbranched alkanes of at least 4 members (excludes halogenated alkanes) is 1. The number of aryl methyl sites for hydroxylation is 1. The number of aromatic nitrogens is 1. The van der Waals surface area contributed by atoms with Crippen LogP contribution in [0.3, 0.4) is 0 Å². The number of pyridine rings is 1. The molecular weight excluding hydrogens is 222 g/mol. The van der Waals surface area contributed by atoms with Crippen LogP contribution in [0, 0.1) is 0 Å². The molecule has 0 saturated heterocycles. The number of nitrogens with zero attached hydrogens (tertiary/aromatic N) is 1. The van der Waals surface area contributed by atoms with Crippen LogP contribution in [-0.2, 0) is 6.42 Å². The standard InChI is InChI=1S/C15H21N3/c1-2-3-4-12-5-6-13-7-9-17-15(14(13)11-12)18-10-8-16/h5-7,9,11H,2-4,8,10,16H2,1H3,(H,17,18). The highest BCUT2D eigenvalue weighted by Crippen LogP contribution is 2.23. The summed E-state index contributed by atoms with van der Waals surface area (Å²) in [4.78, 5) is 4.40. The summed E-state index contributed by atoms with van der Waals surface area (Å²) in [5.74, 6) is 0.941. The molecule has 2 aromatic rings. The average molecular weight is 243 g/mol. The van der Waals surface area contributed by atoms with Crippen LogP contribution in [-0.4, -0.2) is 18.1 Å². The van der Waals surface area contributed by atoms with E-state index < -0.39 is 0 Å². The van der Waals surface area contributed by atoms with Gasteiger partial charge in [0.05, 0.1) is 0 Å². The Labute approximate surface area is 108 Å². The molecule has 0 aliphatic heterocycles. The number of benzene rings is 1. The lowest BCUT2D eigenvalue weighted by Crippen LogP contribution is -2.14. The van der Waals surface area contributed by atoms with Crippen LogP contribution < -0.4 is 11.1 Å². The third-order valence-corrected chi connectivity index (χ3v) is 3.09. The van der Waals surface area contributed by atoms with E-state index >= 15 is 0 Å². The first kappa shape index (κ1) is 12.8. The van der Waals surface area contributed by atoms with Crippen LogP contribution in [0.2, 0.25) is 0 Å². The first-order chi connectivity index (χ1) is 8.85. The van der Waals surface area contributed by atoms with E-state index in [4.69, 9.17) is 5.73 Å². The zero-order valence-electron chi connectivity index (χ0n) is 10.9. The summed E-state index contributed by atoms with van der Waals surface area (Å²) in [5, 5.41) is 5.71. The van der Waals surface area contributed by atoms with Crippen molar-refractivity contribution < 1.29 is 0 Å². The number of hydrogen-bond donors (Lipinski definition) is 2. The number of fused-ring (bicyclic) bond motifs is 1. The predicted molar refractivity (Wildman–Crippen MR) is 77.9 cm³/mol. The minimum atomic E-state index is 0.619. The summed E-state index contributed by atoms with van der Waals surface area (Å²) in [6, 6.07) is 8.68. The van der Waals surface area contributed by atoms with Gasteiger partial charge in [-0.1, -0.05) is 25.5 Å². The summed E-state index contributed by atoms with van der Waals surface area (Å²) in [7, 11) is 0. The molecule has 3 N–H and O–H groups in total. The van der Waals surface area contributed by atoms with Gasteiger partial charge in [-0.15, -0.1) is 0 Å². The Balaban J connectivity index is 2.32. The summed E-state index contributed by atoms with van der Waals surface area (Å²) >= 11 is 0. The first-order valence-electron chi connectivity index (χ1n) is 6.66. The van der Waals surface area contributed by atoms with Crippen LogP contribution >= 0.6 is 0 Å². The zero-order valence-corrected chi connectivity index (χ0v) is 10.9. The average Bonchev–Trinajstić information content (AvgIpc) is 2.42. The maximum atomic E-state index is 5.53. The van der Waals surface area contributed by atoms with Crippen LogP contribution in [0.1, 0.15) is 25.3 Å². The third-order valence-electron chi connectivity index (χ3n) is 3.09. The molecule has 0 saturated carbocycles. The van der Waals surface area contributed by atoms with Crippen molar-refractivity contribution in [2.75, 3.05) is 18.4 Å². The summed E-state index contributed by atoms with van der Waals surface area (Å²) < 4.78 is 0. The molecular formula is C15H21N3. The van der Waals surface area contributed by atoms with Gasteiger partial charge in [0.15, 0.2) is 0 Å². The van der Waals surface area contributed by atoms with Crippen molar-refractivity contribution in [3.8, 4) is 0 Å². The molecule has 18 heavy (non-hydrogen) atoms. The topological polar surface area (TPSA) is 50.9 Å². The molecule has 96 valence electrons. The molecule has 1 aromatic heterocycles. The zero-order chi connectivity index (χ0) is 12.8. The molecule has 3 nitrogen and oxygen atoms in total. The van der Waals surface area contributed by atoms with Gasteiger partial charge in [0.1, 0.15) is 5.82 Å². The van der Waals surface area contributed by atoms with Crippen LogP contribution in [0.15, 0.2) is 30.5 Å². The Bertz CT molecular complexity index is 508. The Hall–Kier alpha value is -1.61. The van der Waals surface area contributed by atoms with Crippen molar-refractivity contribution in [2.45, 2.75) is 26.2 Å². The summed E-state index contributed by atoms with van der Waals surface area (Å²) in [5.41, 5.74) is 6.91. The van der Waals surface area contributed by atoms with Gasteiger partial charge in [-0.2, -0.15) is 0 Å². The van der Waals surface area contributed by atoms with Crippen LogP contribution in [0.4, 0.5) is 5.82 Å². The molecule has 1 heterocycles. The normalized spacial score (nSPS) is 10.8. The molecule has 1 aromatic carbocycles. The molecule has 3 heteroatoms. The lowest BCUT2D eigenvalue weighted by atomic mass is 10.0. The minimum Gasteiger partial charge on any atom is -0.368 e. The summed E-state index contributed by atoms with van der Waals surface area (Å²) in [6.07, 6.45) is 5.44. The van der Waals surface area contributed by atoms with Gasteiger partial charge in [0.2, 0.25) is 0 Å². The van der Waals surface area contributed by atoms with Crippen molar-refractivity contribution in [1.82, 2.24) is 4.98 Å². The molecule has 0 fully saturated rings. The van der Waals surface area contributed by atoms with Gasteiger partial charge in [-0.25, -0.2) is 4.98 Å². The van der Waals surface area contributed by atoms with E-state index in [2.05, 4.69) is 35.4 Å². The van der Waals surface area contributed by atoms with Gasteiger partial charge in [-0.3, -0.25) is 0 Å². The minimum absolute atomic E-state index is 0.619. The van der Waals surface area contributed by atoms with Crippen molar-refractivity contribution in [1.29, 1.82) is 0 Å². The maximum absolute atomic E-state index is 5.53. The largest absolute Gasteiger partial charge is 0.368 e. The fourth-order valence-corrected chi connectivity index (χ4v) is 2.08. The molecule has 0 aliphatic rings. The Kier molecular flexibility index (Phi) is 4.53. The van der Waals surface area contributed by atoms with Gasteiger partial charge < -0.3 is 11.1 Å². The molecule has 0 bridgehead atoms.